The van der Waals surface area contributed by atoms with E-state index in [0.717, 1.165) is 32.1 Å². The van der Waals surface area contributed by atoms with E-state index in [1.807, 2.05) is 13.8 Å². The highest BCUT2D eigenvalue weighted by atomic mass is 16.3. The zero-order valence-electron chi connectivity index (χ0n) is 8.64. The molecule has 0 saturated carbocycles. The number of unbranched alkanes of at least 4 members (excludes halogenated alkanes) is 1. The van der Waals surface area contributed by atoms with E-state index in [9.17, 15) is 5.11 Å². The van der Waals surface area contributed by atoms with Gasteiger partial charge in [-0.3, -0.25) is 0 Å². The summed E-state index contributed by atoms with van der Waals surface area (Å²) in [5.41, 5.74) is 5.28. The van der Waals surface area contributed by atoms with Crippen LogP contribution in [0.3, 0.4) is 0 Å². The molecule has 1 unspecified atom stereocenters. The van der Waals surface area contributed by atoms with Crippen LogP contribution in [0.25, 0.3) is 0 Å². The normalized spacial score (nSPS) is 14.8. The van der Waals surface area contributed by atoms with Crippen molar-refractivity contribution in [2.24, 2.45) is 5.73 Å². The topological polar surface area (TPSA) is 46.2 Å². The van der Waals surface area contributed by atoms with E-state index in [1.165, 1.54) is 0 Å². The third-order valence-electron chi connectivity index (χ3n) is 2.78. The maximum absolute atomic E-state index is 10.00. The molecule has 0 aromatic heterocycles. The van der Waals surface area contributed by atoms with Gasteiger partial charge in [-0.05, 0) is 19.3 Å². The smallest absolute Gasteiger partial charge is 0.0792 e. The fraction of sp³-hybridized carbons (Fsp3) is 1.00. The first-order valence-electron chi connectivity index (χ1n) is 5.08. The van der Waals surface area contributed by atoms with Crippen LogP contribution in [-0.2, 0) is 0 Å². The monoisotopic (exact) mass is 173 g/mol. The van der Waals surface area contributed by atoms with Gasteiger partial charge in [0.05, 0.1) is 5.60 Å². The first-order chi connectivity index (χ1) is 5.60. The molecule has 2 heteroatoms. The fourth-order valence-electron chi connectivity index (χ4n) is 1.47. The summed E-state index contributed by atoms with van der Waals surface area (Å²) in [6.45, 7) is 6.13. The molecule has 12 heavy (non-hydrogen) atoms. The lowest BCUT2D eigenvalue weighted by Crippen LogP contribution is -2.47. The van der Waals surface area contributed by atoms with Crippen LogP contribution in [-0.4, -0.2) is 16.7 Å². The molecule has 0 radical (unpaired) electrons. The number of aliphatic hydroxyl groups is 1. The number of nitrogens with two attached hydrogens (primary N) is 1. The van der Waals surface area contributed by atoms with Gasteiger partial charge in [0, 0.05) is 6.04 Å². The van der Waals surface area contributed by atoms with Crippen molar-refractivity contribution in [3.05, 3.63) is 0 Å². The quantitative estimate of drug-likeness (QED) is 0.646. The van der Waals surface area contributed by atoms with Crippen LogP contribution in [0.4, 0.5) is 0 Å². The molecule has 0 rings (SSSR count). The SMILES string of the molecule is CCCCC(N)C(O)(CC)CC. The van der Waals surface area contributed by atoms with Gasteiger partial charge in [-0.15, -0.1) is 0 Å². The summed E-state index contributed by atoms with van der Waals surface area (Å²) >= 11 is 0. The Labute approximate surface area is 76.2 Å². The van der Waals surface area contributed by atoms with Crippen molar-refractivity contribution in [2.45, 2.75) is 64.5 Å². The highest BCUT2D eigenvalue weighted by molar-refractivity contribution is 4.86. The highest BCUT2D eigenvalue weighted by Gasteiger charge is 2.29. The number of hydrogen-bond donors (Lipinski definition) is 2. The first kappa shape index (κ1) is 11.9. The molecule has 74 valence electrons. The van der Waals surface area contributed by atoms with Crippen LogP contribution in [0.1, 0.15) is 52.9 Å². The van der Waals surface area contributed by atoms with Gasteiger partial charge >= 0.3 is 0 Å². The summed E-state index contributed by atoms with van der Waals surface area (Å²) in [7, 11) is 0. The molecule has 0 aliphatic carbocycles. The molecule has 0 aromatic rings. The zero-order chi connectivity index (χ0) is 9.61. The summed E-state index contributed by atoms with van der Waals surface area (Å²) in [6, 6.07) is -0.0487. The Morgan fingerprint density at radius 3 is 2.08 bits per heavy atom. The van der Waals surface area contributed by atoms with Crippen LogP contribution in [0.5, 0.6) is 0 Å². The van der Waals surface area contributed by atoms with Crippen molar-refractivity contribution < 1.29 is 5.11 Å². The molecule has 0 heterocycles. The summed E-state index contributed by atoms with van der Waals surface area (Å²) in [4.78, 5) is 0. The van der Waals surface area contributed by atoms with Gasteiger partial charge in [-0.1, -0.05) is 33.6 Å². The third-order valence-corrected chi connectivity index (χ3v) is 2.78. The fourth-order valence-corrected chi connectivity index (χ4v) is 1.47. The van der Waals surface area contributed by atoms with Crippen LogP contribution >= 0.6 is 0 Å². The van der Waals surface area contributed by atoms with Gasteiger partial charge in [-0.25, -0.2) is 0 Å². The lowest BCUT2D eigenvalue weighted by atomic mass is 9.86. The van der Waals surface area contributed by atoms with Gasteiger partial charge < -0.3 is 10.8 Å². The largest absolute Gasteiger partial charge is 0.388 e. The van der Waals surface area contributed by atoms with Gasteiger partial charge in [0.1, 0.15) is 0 Å². The van der Waals surface area contributed by atoms with Crippen molar-refractivity contribution in [2.75, 3.05) is 0 Å². The zero-order valence-corrected chi connectivity index (χ0v) is 8.64. The van der Waals surface area contributed by atoms with Crippen molar-refractivity contribution in [3.63, 3.8) is 0 Å². The molecule has 2 nitrogen and oxygen atoms in total. The van der Waals surface area contributed by atoms with E-state index in [1.54, 1.807) is 0 Å². The minimum atomic E-state index is -0.630. The summed E-state index contributed by atoms with van der Waals surface area (Å²) in [6.07, 6.45) is 4.72. The summed E-state index contributed by atoms with van der Waals surface area (Å²) in [5, 5.41) is 10.00. The van der Waals surface area contributed by atoms with E-state index >= 15 is 0 Å². The molecular weight excluding hydrogens is 150 g/mol. The molecule has 0 spiro atoms. The first-order valence-corrected chi connectivity index (χ1v) is 5.08. The summed E-state index contributed by atoms with van der Waals surface area (Å²) < 4.78 is 0. The average molecular weight is 173 g/mol. The molecule has 0 bridgehead atoms. The molecule has 0 aromatic carbocycles. The Balaban J connectivity index is 3.93. The standard InChI is InChI=1S/C10H23NO/c1-4-7-8-9(11)10(12,5-2)6-3/h9,12H,4-8,11H2,1-3H3. The van der Waals surface area contributed by atoms with Crippen molar-refractivity contribution in [1.82, 2.24) is 0 Å². The minimum Gasteiger partial charge on any atom is -0.388 e. The Kier molecular flexibility index (Phi) is 5.51. The van der Waals surface area contributed by atoms with E-state index in [-0.39, 0.29) is 6.04 Å². The van der Waals surface area contributed by atoms with E-state index in [0.29, 0.717) is 0 Å². The third kappa shape index (κ3) is 3.11. The maximum atomic E-state index is 10.00. The predicted molar refractivity (Wildman–Crippen MR) is 53.0 cm³/mol. The Bertz CT molecular complexity index is 110. The second-order valence-electron chi connectivity index (χ2n) is 3.56. The van der Waals surface area contributed by atoms with Gasteiger partial charge in [0.2, 0.25) is 0 Å². The Morgan fingerprint density at radius 2 is 1.75 bits per heavy atom. The molecule has 0 fully saturated rings. The molecular formula is C10H23NO. The van der Waals surface area contributed by atoms with Crippen LogP contribution in [0, 0.1) is 0 Å². The maximum Gasteiger partial charge on any atom is 0.0792 e. The van der Waals surface area contributed by atoms with E-state index in [2.05, 4.69) is 6.92 Å². The van der Waals surface area contributed by atoms with Crippen LogP contribution < -0.4 is 5.73 Å². The molecule has 0 aliphatic rings. The van der Waals surface area contributed by atoms with E-state index < -0.39 is 5.60 Å². The second-order valence-corrected chi connectivity index (χ2v) is 3.56. The van der Waals surface area contributed by atoms with Gasteiger partial charge in [0.25, 0.3) is 0 Å². The lowest BCUT2D eigenvalue weighted by molar-refractivity contribution is 0.00343. The second kappa shape index (κ2) is 5.55. The number of rotatable bonds is 6. The molecule has 1 atom stereocenters. The molecule has 0 aliphatic heterocycles. The van der Waals surface area contributed by atoms with Gasteiger partial charge in [-0.2, -0.15) is 0 Å². The molecule has 0 saturated heterocycles. The average Bonchev–Trinajstić information content (AvgIpc) is 2.12. The van der Waals surface area contributed by atoms with Crippen LogP contribution in [0.2, 0.25) is 0 Å². The van der Waals surface area contributed by atoms with Gasteiger partial charge in [0.15, 0.2) is 0 Å². The van der Waals surface area contributed by atoms with Crippen molar-refractivity contribution >= 4 is 0 Å². The van der Waals surface area contributed by atoms with Crippen molar-refractivity contribution in [1.29, 1.82) is 0 Å². The lowest BCUT2D eigenvalue weighted by Gasteiger charge is -2.32. The molecule has 3 N–H and O–H groups in total. The van der Waals surface area contributed by atoms with E-state index in [4.69, 9.17) is 5.73 Å². The highest BCUT2D eigenvalue weighted by Crippen LogP contribution is 2.21. The van der Waals surface area contributed by atoms with Crippen molar-refractivity contribution in [3.8, 4) is 0 Å². The Morgan fingerprint density at radius 1 is 1.25 bits per heavy atom. The number of hydrogen-bond acceptors (Lipinski definition) is 2. The van der Waals surface area contributed by atoms with Crippen LogP contribution in [0.15, 0.2) is 0 Å². The predicted octanol–water partition coefficient (Wildman–Crippen LogP) is 2.05. The molecule has 0 amide bonds. The summed E-state index contributed by atoms with van der Waals surface area (Å²) in [5.74, 6) is 0. The Hall–Kier alpha value is -0.0800. The minimum absolute atomic E-state index is 0.0487.